The highest BCUT2D eigenvalue weighted by Crippen LogP contribution is 2.26. The highest BCUT2D eigenvalue weighted by molar-refractivity contribution is 6.34. The second-order valence-corrected chi connectivity index (χ2v) is 8.24. The Labute approximate surface area is 218 Å². The lowest BCUT2D eigenvalue weighted by Crippen LogP contribution is -2.40. The first-order valence-corrected chi connectivity index (χ1v) is 11.2. The van der Waals surface area contributed by atoms with Gasteiger partial charge in [0.1, 0.15) is 19.0 Å². The summed E-state index contributed by atoms with van der Waals surface area (Å²) in [5, 5.41) is 7.69. The number of alkyl carbamates (subject to hydrolysis) is 1. The Kier molecular flexibility index (Phi) is 10.9. The molecule has 3 N–H and O–H groups in total. The highest BCUT2D eigenvalue weighted by Gasteiger charge is 2.42. The maximum absolute atomic E-state index is 12.4. The van der Waals surface area contributed by atoms with Crippen molar-refractivity contribution in [1.82, 2.24) is 15.6 Å². The maximum atomic E-state index is 12.4. The Morgan fingerprint density at radius 2 is 1.76 bits per heavy atom. The smallest absolute Gasteiger partial charge is 0.448 e. The van der Waals surface area contributed by atoms with Crippen LogP contribution in [0.2, 0.25) is 10.0 Å². The number of nitrogens with one attached hydrogen (secondary N) is 3. The van der Waals surface area contributed by atoms with Gasteiger partial charge in [0.15, 0.2) is 0 Å². The molecule has 1 atom stereocenters. The SMILES string of the molecule is Cc1cccc(NCCOC(=O)NCC(=O)NC(CC(=O)OC(=O)C(F)(F)F)c2cc(Cl)cc(Cl)c2)n1. The van der Waals surface area contributed by atoms with E-state index in [1.807, 2.05) is 13.0 Å². The van der Waals surface area contributed by atoms with E-state index in [1.54, 1.807) is 12.1 Å². The van der Waals surface area contributed by atoms with Crippen LogP contribution in [-0.2, 0) is 23.9 Å². The van der Waals surface area contributed by atoms with Crippen LogP contribution < -0.4 is 16.0 Å². The quantitative estimate of drug-likeness (QED) is 0.226. The fraction of sp³-hybridized carbons (Fsp3) is 0.318. The number of benzene rings is 1. The molecule has 0 fully saturated rings. The topological polar surface area (TPSA) is 136 Å². The number of esters is 2. The number of ether oxygens (including phenoxy) is 2. The van der Waals surface area contributed by atoms with E-state index in [9.17, 15) is 32.3 Å². The number of aryl methyl sites for hydroxylation is 1. The number of halogens is 5. The molecular weight excluding hydrogens is 544 g/mol. The summed E-state index contributed by atoms with van der Waals surface area (Å²) in [6.07, 6.45) is -7.18. The monoisotopic (exact) mass is 564 g/mol. The summed E-state index contributed by atoms with van der Waals surface area (Å²) < 4.78 is 45.9. The first-order valence-electron chi connectivity index (χ1n) is 10.5. The third kappa shape index (κ3) is 10.9. The maximum Gasteiger partial charge on any atom is 0.491 e. The summed E-state index contributed by atoms with van der Waals surface area (Å²) >= 11 is 11.8. The van der Waals surface area contributed by atoms with Crippen molar-refractivity contribution in [3.8, 4) is 0 Å². The number of amides is 2. The third-order valence-corrected chi connectivity index (χ3v) is 4.79. The van der Waals surface area contributed by atoms with Crippen LogP contribution in [0.4, 0.5) is 23.8 Å². The lowest BCUT2D eigenvalue weighted by Gasteiger charge is -2.19. The zero-order valence-electron chi connectivity index (χ0n) is 19.2. The molecule has 0 bridgehead atoms. The van der Waals surface area contributed by atoms with Crippen molar-refractivity contribution in [3.63, 3.8) is 0 Å². The van der Waals surface area contributed by atoms with Gasteiger partial charge in [-0.2, -0.15) is 13.2 Å². The van der Waals surface area contributed by atoms with E-state index in [1.165, 1.54) is 18.2 Å². The van der Waals surface area contributed by atoms with Crippen molar-refractivity contribution in [2.24, 2.45) is 0 Å². The number of carbonyl (C=O) groups is 4. The number of hydrogen-bond acceptors (Lipinski definition) is 8. The fourth-order valence-corrected chi connectivity index (χ4v) is 3.35. The number of carbonyl (C=O) groups excluding carboxylic acids is 4. The van der Waals surface area contributed by atoms with Crippen LogP contribution in [-0.4, -0.2) is 54.8 Å². The molecule has 0 saturated carbocycles. The summed E-state index contributed by atoms with van der Waals surface area (Å²) in [6, 6.07) is 8.01. The van der Waals surface area contributed by atoms with Gasteiger partial charge in [-0.15, -0.1) is 0 Å². The molecule has 1 aromatic heterocycles. The second kappa shape index (κ2) is 13.7. The van der Waals surface area contributed by atoms with Gasteiger partial charge in [-0.05, 0) is 42.8 Å². The largest absolute Gasteiger partial charge is 0.491 e. The predicted molar refractivity (Wildman–Crippen MR) is 126 cm³/mol. The van der Waals surface area contributed by atoms with E-state index in [0.29, 0.717) is 5.82 Å². The standard InChI is InChI=1S/C22H21Cl2F3N4O6/c1-12-3-2-4-17(30-12)28-5-6-36-21(35)29-11-18(32)31-16(13-7-14(23)9-15(24)8-13)10-19(33)37-20(34)22(25,26)27/h2-4,7-9,16H,5-6,10-11H2,1H3,(H,28,30)(H,29,35)(H,31,32). The minimum Gasteiger partial charge on any atom is -0.448 e. The van der Waals surface area contributed by atoms with Crippen LogP contribution >= 0.6 is 23.2 Å². The molecule has 0 saturated heterocycles. The first kappa shape index (κ1) is 29.6. The van der Waals surface area contributed by atoms with Crippen molar-refractivity contribution in [3.05, 3.63) is 57.7 Å². The van der Waals surface area contributed by atoms with Crippen molar-refractivity contribution >= 4 is 53.0 Å². The Morgan fingerprint density at radius 3 is 2.38 bits per heavy atom. The van der Waals surface area contributed by atoms with E-state index < -0.39 is 49.1 Å². The molecule has 0 aliphatic heterocycles. The molecule has 200 valence electrons. The summed E-state index contributed by atoms with van der Waals surface area (Å²) in [4.78, 5) is 51.2. The molecule has 2 aromatic rings. The molecule has 0 radical (unpaired) electrons. The molecule has 0 aliphatic carbocycles. The van der Waals surface area contributed by atoms with Gasteiger partial charge in [0.25, 0.3) is 0 Å². The molecule has 0 aliphatic rings. The van der Waals surface area contributed by atoms with Gasteiger partial charge < -0.3 is 25.4 Å². The van der Waals surface area contributed by atoms with Gasteiger partial charge in [0.2, 0.25) is 5.91 Å². The molecule has 15 heteroatoms. The van der Waals surface area contributed by atoms with Crippen LogP contribution in [0.15, 0.2) is 36.4 Å². The van der Waals surface area contributed by atoms with Crippen LogP contribution in [0.1, 0.15) is 23.7 Å². The predicted octanol–water partition coefficient (Wildman–Crippen LogP) is 3.71. The van der Waals surface area contributed by atoms with Gasteiger partial charge in [-0.3, -0.25) is 9.59 Å². The van der Waals surface area contributed by atoms with Gasteiger partial charge in [-0.1, -0.05) is 29.3 Å². The zero-order chi connectivity index (χ0) is 27.6. The van der Waals surface area contributed by atoms with Gasteiger partial charge >= 0.3 is 24.2 Å². The summed E-state index contributed by atoms with van der Waals surface area (Å²) in [6.45, 7) is 1.40. The number of aromatic nitrogens is 1. The molecule has 0 spiro atoms. The number of pyridine rings is 1. The highest BCUT2D eigenvalue weighted by atomic mass is 35.5. The lowest BCUT2D eigenvalue weighted by atomic mass is 10.0. The van der Waals surface area contributed by atoms with Gasteiger partial charge in [0, 0.05) is 15.7 Å². The molecule has 2 rings (SSSR count). The molecule has 10 nitrogen and oxygen atoms in total. The zero-order valence-corrected chi connectivity index (χ0v) is 20.7. The average molecular weight is 565 g/mol. The molecular formula is C22H21Cl2F3N4O6. The van der Waals surface area contributed by atoms with Crippen molar-refractivity contribution < 1.29 is 41.8 Å². The van der Waals surface area contributed by atoms with Crippen LogP contribution in [0, 0.1) is 6.92 Å². The number of alkyl halides is 3. The number of rotatable bonds is 10. The van der Waals surface area contributed by atoms with E-state index in [-0.39, 0.29) is 28.8 Å². The Morgan fingerprint density at radius 1 is 1.08 bits per heavy atom. The summed E-state index contributed by atoms with van der Waals surface area (Å²) in [5.74, 6) is -4.52. The first-order chi connectivity index (χ1) is 17.3. The van der Waals surface area contributed by atoms with E-state index in [2.05, 4.69) is 25.7 Å². The fourth-order valence-electron chi connectivity index (χ4n) is 2.81. The van der Waals surface area contributed by atoms with Crippen LogP contribution in [0.5, 0.6) is 0 Å². The van der Waals surface area contributed by atoms with Crippen LogP contribution in [0.25, 0.3) is 0 Å². The average Bonchev–Trinajstić information content (AvgIpc) is 2.79. The van der Waals surface area contributed by atoms with Crippen molar-refractivity contribution in [2.75, 3.05) is 25.0 Å². The van der Waals surface area contributed by atoms with Crippen molar-refractivity contribution in [2.45, 2.75) is 25.6 Å². The molecule has 37 heavy (non-hydrogen) atoms. The van der Waals surface area contributed by atoms with Crippen molar-refractivity contribution in [1.29, 1.82) is 0 Å². The summed E-state index contributed by atoms with van der Waals surface area (Å²) in [5.41, 5.74) is 0.939. The Hall–Kier alpha value is -3.58. The minimum atomic E-state index is -5.38. The summed E-state index contributed by atoms with van der Waals surface area (Å²) in [7, 11) is 0. The number of anilines is 1. The Balaban J connectivity index is 1.89. The van der Waals surface area contributed by atoms with E-state index >= 15 is 0 Å². The second-order valence-electron chi connectivity index (χ2n) is 7.37. The lowest BCUT2D eigenvalue weighted by molar-refractivity contribution is -0.202. The number of nitrogens with zero attached hydrogens (tertiary/aromatic N) is 1. The number of hydrogen-bond donors (Lipinski definition) is 3. The van der Waals surface area contributed by atoms with Crippen LogP contribution in [0.3, 0.4) is 0 Å². The molecule has 1 aromatic carbocycles. The third-order valence-electron chi connectivity index (χ3n) is 4.35. The molecule has 2 amide bonds. The minimum absolute atomic E-state index is 0.0498. The molecule has 1 heterocycles. The Bertz CT molecular complexity index is 1130. The normalized spacial score (nSPS) is 11.7. The van der Waals surface area contributed by atoms with Gasteiger partial charge in [-0.25, -0.2) is 14.6 Å². The van der Waals surface area contributed by atoms with Gasteiger partial charge in [0.05, 0.1) is 19.0 Å². The van der Waals surface area contributed by atoms with E-state index in [0.717, 1.165) is 5.69 Å². The van der Waals surface area contributed by atoms with E-state index in [4.69, 9.17) is 27.9 Å². The molecule has 1 unspecified atom stereocenters.